The summed E-state index contributed by atoms with van der Waals surface area (Å²) >= 11 is 0. The molecule has 6 heteroatoms. The lowest BCUT2D eigenvalue weighted by Gasteiger charge is -2.20. The molecule has 0 aromatic carbocycles. The normalized spacial score (nSPS) is 12.8. The Bertz CT molecular complexity index is 282. The molecule has 0 spiro atoms. The molecule has 0 bridgehead atoms. The van der Waals surface area contributed by atoms with Crippen LogP contribution in [0.1, 0.15) is 26.7 Å². The van der Waals surface area contributed by atoms with Crippen molar-refractivity contribution < 1.29 is 8.42 Å². The van der Waals surface area contributed by atoms with Gasteiger partial charge in [-0.1, -0.05) is 26.0 Å². The third kappa shape index (κ3) is 6.22. The van der Waals surface area contributed by atoms with Crippen molar-refractivity contribution in [2.45, 2.75) is 26.7 Å². The average Bonchev–Trinajstić information content (AvgIpc) is 2.24. The Hall–Kier alpha value is -0.430. The number of hydrogen-bond donors (Lipinski definition) is 2. The predicted molar refractivity (Wildman–Crippen MR) is 67.3 cm³/mol. The number of nitrogens with one attached hydrogen (secondary N) is 1. The van der Waals surface area contributed by atoms with Crippen LogP contribution in [0, 0.1) is 0 Å². The molecule has 0 aromatic heterocycles. The van der Waals surface area contributed by atoms with E-state index in [0.717, 1.165) is 12.8 Å². The highest BCUT2D eigenvalue weighted by atomic mass is 32.2. The van der Waals surface area contributed by atoms with Gasteiger partial charge in [0, 0.05) is 26.2 Å². The lowest BCUT2D eigenvalue weighted by Crippen LogP contribution is -2.41. The molecule has 0 aliphatic carbocycles. The van der Waals surface area contributed by atoms with Gasteiger partial charge >= 0.3 is 0 Å². The molecule has 0 aliphatic heterocycles. The average molecular weight is 249 g/mol. The van der Waals surface area contributed by atoms with E-state index in [-0.39, 0.29) is 0 Å². The molecule has 0 atom stereocenters. The Morgan fingerprint density at radius 3 is 2.19 bits per heavy atom. The maximum Gasteiger partial charge on any atom is 0.279 e. The van der Waals surface area contributed by atoms with E-state index in [4.69, 9.17) is 5.73 Å². The molecule has 0 saturated carbocycles. The van der Waals surface area contributed by atoms with Crippen LogP contribution in [0.3, 0.4) is 0 Å². The zero-order valence-electron chi connectivity index (χ0n) is 10.1. The molecule has 96 valence electrons. The molecule has 16 heavy (non-hydrogen) atoms. The summed E-state index contributed by atoms with van der Waals surface area (Å²) in [6.45, 7) is 5.77. The van der Waals surface area contributed by atoms with E-state index in [0.29, 0.717) is 26.2 Å². The van der Waals surface area contributed by atoms with Crippen molar-refractivity contribution in [1.29, 1.82) is 0 Å². The second-order valence-corrected chi connectivity index (χ2v) is 5.21. The standard InChI is InChI=1S/C10H23N3O2S/c1-3-9-13(10-4-2)16(14,15)12-8-6-5-7-11/h5-6,12H,3-4,7-11H2,1-2H3/b6-5+. The Morgan fingerprint density at radius 1 is 1.19 bits per heavy atom. The van der Waals surface area contributed by atoms with Gasteiger partial charge in [0.2, 0.25) is 0 Å². The van der Waals surface area contributed by atoms with E-state index < -0.39 is 10.2 Å². The third-order valence-electron chi connectivity index (χ3n) is 1.97. The molecule has 0 aromatic rings. The van der Waals surface area contributed by atoms with Crippen LogP contribution >= 0.6 is 0 Å². The van der Waals surface area contributed by atoms with Gasteiger partial charge in [-0.3, -0.25) is 0 Å². The first-order valence-electron chi connectivity index (χ1n) is 5.68. The SMILES string of the molecule is CCCN(CCC)S(=O)(=O)NC/C=C/CN. The van der Waals surface area contributed by atoms with Crippen LogP contribution in [-0.2, 0) is 10.2 Å². The molecule has 0 heterocycles. The van der Waals surface area contributed by atoms with Gasteiger partial charge in [-0.25, -0.2) is 0 Å². The first kappa shape index (κ1) is 15.6. The lowest BCUT2D eigenvalue weighted by molar-refractivity contribution is 0.403. The molecule has 0 fully saturated rings. The van der Waals surface area contributed by atoms with Crippen LogP contribution in [0.5, 0.6) is 0 Å². The number of nitrogens with zero attached hydrogens (tertiary/aromatic N) is 1. The molecule has 5 nitrogen and oxygen atoms in total. The van der Waals surface area contributed by atoms with Crippen LogP contribution in [0.2, 0.25) is 0 Å². The fourth-order valence-electron chi connectivity index (χ4n) is 1.28. The summed E-state index contributed by atoms with van der Waals surface area (Å²) < 4.78 is 27.6. The van der Waals surface area contributed by atoms with Crippen LogP contribution in [0.25, 0.3) is 0 Å². The second-order valence-electron chi connectivity index (χ2n) is 3.46. The van der Waals surface area contributed by atoms with Crippen molar-refractivity contribution in [3.8, 4) is 0 Å². The highest BCUT2D eigenvalue weighted by Gasteiger charge is 2.18. The lowest BCUT2D eigenvalue weighted by atomic mass is 10.4. The summed E-state index contributed by atoms with van der Waals surface area (Å²) in [5, 5.41) is 0. The minimum absolute atomic E-state index is 0.295. The third-order valence-corrected chi connectivity index (χ3v) is 3.55. The van der Waals surface area contributed by atoms with Crippen molar-refractivity contribution in [3.05, 3.63) is 12.2 Å². The fourth-order valence-corrected chi connectivity index (χ4v) is 2.61. The van der Waals surface area contributed by atoms with Gasteiger partial charge in [0.1, 0.15) is 0 Å². The van der Waals surface area contributed by atoms with Crippen molar-refractivity contribution in [2.75, 3.05) is 26.2 Å². The molecular formula is C10H23N3O2S. The number of hydrogen-bond acceptors (Lipinski definition) is 3. The Kier molecular flexibility index (Phi) is 8.46. The minimum atomic E-state index is -3.34. The highest BCUT2D eigenvalue weighted by molar-refractivity contribution is 7.87. The van der Waals surface area contributed by atoms with Gasteiger partial charge in [0.15, 0.2) is 0 Å². The van der Waals surface area contributed by atoms with Gasteiger partial charge in [-0.15, -0.1) is 0 Å². The molecule has 0 saturated heterocycles. The molecule has 0 aliphatic rings. The molecule has 0 rings (SSSR count). The Labute approximate surface area is 98.9 Å². The van der Waals surface area contributed by atoms with Crippen LogP contribution in [-0.4, -0.2) is 38.9 Å². The van der Waals surface area contributed by atoms with Crippen molar-refractivity contribution in [2.24, 2.45) is 5.73 Å². The van der Waals surface area contributed by atoms with Crippen LogP contribution in [0.4, 0.5) is 0 Å². The van der Waals surface area contributed by atoms with E-state index in [9.17, 15) is 8.42 Å². The summed E-state index contributed by atoms with van der Waals surface area (Å²) in [5.41, 5.74) is 5.26. The largest absolute Gasteiger partial charge is 0.327 e. The zero-order valence-corrected chi connectivity index (χ0v) is 11.0. The van der Waals surface area contributed by atoms with Crippen LogP contribution in [0.15, 0.2) is 12.2 Å². The maximum absolute atomic E-state index is 11.8. The Balaban J connectivity index is 4.29. The van der Waals surface area contributed by atoms with Crippen molar-refractivity contribution in [1.82, 2.24) is 9.03 Å². The van der Waals surface area contributed by atoms with E-state index in [1.807, 2.05) is 13.8 Å². The van der Waals surface area contributed by atoms with E-state index in [1.165, 1.54) is 4.31 Å². The van der Waals surface area contributed by atoms with Gasteiger partial charge in [-0.2, -0.15) is 17.4 Å². The monoisotopic (exact) mass is 249 g/mol. The van der Waals surface area contributed by atoms with E-state index in [1.54, 1.807) is 12.2 Å². The highest BCUT2D eigenvalue weighted by Crippen LogP contribution is 2.00. The van der Waals surface area contributed by atoms with Crippen LogP contribution < -0.4 is 10.5 Å². The summed E-state index contributed by atoms with van der Waals surface area (Å²) in [7, 11) is -3.34. The zero-order chi connectivity index (χ0) is 12.4. The summed E-state index contributed by atoms with van der Waals surface area (Å²) in [5.74, 6) is 0. The van der Waals surface area contributed by atoms with Gasteiger partial charge in [0.05, 0.1) is 0 Å². The summed E-state index contributed by atoms with van der Waals surface area (Å²) in [4.78, 5) is 0. The summed E-state index contributed by atoms with van der Waals surface area (Å²) in [6, 6.07) is 0. The van der Waals surface area contributed by atoms with Crippen molar-refractivity contribution >= 4 is 10.2 Å². The maximum atomic E-state index is 11.8. The van der Waals surface area contributed by atoms with Crippen molar-refractivity contribution in [3.63, 3.8) is 0 Å². The van der Waals surface area contributed by atoms with Gasteiger partial charge < -0.3 is 5.73 Å². The van der Waals surface area contributed by atoms with Gasteiger partial charge in [-0.05, 0) is 12.8 Å². The number of nitrogens with two attached hydrogens (primary N) is 1. The first-order chi connectivity index (χ1) is 7.58. The molecule has 0 radical (unpaired) electrons. The quantitative estimate of drug-likeness (QED) is 0.583. The molecular weight excluding hydrogens is 226 g/mol. The Morgan fingerprint density at radius 2 is 1.75 bits per heavy atom. The minimum Gasteiger partial charge on any atom is -0.327 e. The van der Waals surface area contributed by atoms with Gasteiger partial charge in [0.25, 0.3) is 10.2 Å². The smallest absolute Gasteiger partial charge is 0.279 e. The van der Waals surface area contributed by atoms with E-state index >= 15 is 0 Å². The van der Waals surface area contributed by atoms with E-state index in [2.05, 4.69) is 4.72 Å². The number of rotatable bonds is 9. The molecule has 3 N–H and O–H groups in total. The summed E-state index contributed by atoms with van der Waals surface area (Å²) in [6.07, 6.45) is 5.08. The first-order valence-corrected chi connectivity index (χ1v) is 7.12. The molecule has 0 amide bonds. The predicted octanol–water partition coefficient (Wildman–Crippen LogP) is 0.458. The molecule has 0 unspecified atom stereocenters. The fraction of sp³-hybridized carbons (Fsp3) is 0.800. The second kappa shape index (κ2) is 8.69. The topological polar surface area (TPSA) is 75.4 Å².